The Morgan fingerprint density at radius 3 is 2.19 bits per heavy atom. The van der Waals surface area contributed by atoms with E-state index in [1.807, 2.05) is 0 Å². The van der Waals surface area contributed by atoms with E-state index in [2.05, 4.69) is 9.97 Å². The monoisotopic (exact) mass is 486 g/mol. The van der Waals surface area contributed by atoms with Gasteiger partial charge < -0.3 is 4.90 Å². The van der Waals surface area contributed by atoms with Crippen molar-refractivity contribution in [3.05, 3.63) is 69.6 Å². The summed E-state index contributed by atoms with van der Waals surface area (Å²) in [6.07, 6.45) is -4.51. The van der Waals surface area contributed by atoms with Crippen LogP contribution in [0.4, 0.5) is 19.1 Å². The van der Waals surface area contributed by atoms with Gasteiger partial charge in [-0.15, -0.1) is 0 Å². The molecule has 2 N–H and O–H groups in total. The minimum absolute atomic E-state index is 0.0861. The van der Waals surface area contributed by atoms with E-state index >= 15 is 0 Å². The SMILES string of the molecule is O=c1nc(N2CCS(O)(O)CC2)nc(-c2ccccc2Cl)n1-c1ccc(C(F)(F)F)cc1. The van der Waals surface area contributed by atoms with Crippen LogP contribution >= 0.6 is 22.2 Å². The number of hydrogen-bond acceptors (Lipinski definition) is 6. The predicted octanol–water partition coefficient (Wildman–Crippen LogP) is 4.54. The summed E-state index contributed by atoms with van der Waals surface area (Å²) in [4.78, 5) is 23.2. The van der Waals surface area contributed by atoms with E-state index in [-0.39, 0.29) is 42.1 Å². The zero-order valence-electron chi connectivity index (χ0n) is 16.5. The summed E-state index contributed by atoms with van der Waals surface area (Å²) >= 11 is 6.33. The van der Waals surface area contributed by atoms with Gasteiger partial charge in [-0.1, -0.05) is 23.7 Å². The summed E-state index contributed by atoms with van der Waals surface area (Å²) in [7, 11) is -2.66. The fourth-order valence-corrected chi connectivity index (χ4v) is 4.77. The zero-order chi connectivity index (χ0) is 23.1. The molecule has 1 aliphatic rings. The molecule has 0 saturated carbocycles. The maximum absolute atomic E-state index is 13.0. The van der Waals surface area contributed by atoms with Crippen LogP contribution in [0.25, 0.3) is 17.1 Å². The lowest BCUT2D eigenvalue weighted by Crippen LogP contribution is -2.41. The lowest BCUT2D eigenvalue weighted by molar-refractivity contribution is -0.137. The molecule has 1 aliphatic heterocycles. The van der Waals surface area contributed by atoms with Crippen molar-refractivity contribution in [2.75, 3.05) is 29.5 Å². The molecular weight excluding hydrogens is 469 g/mol. The minimum Gasteiger partial charge on any atom is -0.337 e. The van der Waals surface area contributed by atoms with Crippen molar-refractivity contribution in [3.63, 3.8) is 0 Å². The van der Waals surface area contributed by atoms with Gasteiger partial charge in [-0.2, -0.15) is 33.7 Å². The van der Waals surface area contributed by atoms with Crippen molar-refractivity contribution in [2.24, 2.45) is 0 Å². The van der Waals surface area contributed by atoms with Crippen molar-refractivity contribution < 1.29 is 22.3 Å². The zero-order valence-corrected chi connectivity index (χ0v) is 18.0. The van der Waals surface area contributed by atoms with E-state index in [9.17, 15) is 27.1 Å². The molecule has 1 aromatic heterocycles. The van der Waals surface area contributed by atoms with Crippen LogP contribution in [0, 0.1) is 0 Å². The molecule has 170 valence electrons. The van der Waals surface area contributed by atoms with Gasteiger partial charge in [0.25, 0.3) is 0 Å². The highest BCUT2D eigenvalue weighted by Crippen LogP contribution is 2.41. The molecule has 32 heavy (non-hydrogen) atoms. The summed E-state index contributed by atoms with van der Waals surface area (Å²) in [5, 5.41) is 0.296. The third kappa shape index (κ3) is 4.60. The smallest absolute Gasteiger partial charge is 0.337 e. The first-order valence-corrected chi connectivity index (χ1v) is 11.7. The second kappa shape index (κ2) is 8.39. The van der Waals surface area contributed by atoms with Gasteiger partial charge in [-0.3, -0.25) is 9.11 Å². The highest BCUT2D eigenvalue weighted by atomic mass is 35.5. The Balaban J connectivity index is 1.85. The molecule has 0 amide bonds. The topological polar surface area (TPSA) is 91.5 Å². The van der Waals surface area contributed by atoms with Gasteiger partial charge in [-0.25, -0.2) is 9.36 Å². The van der Waals surface area contributed by atoms with Crippen molar-refractivity contribution in [2.45, 2.75) is 6.18 Å². The van der Waals surface area contributed by atoms with Gasteiger partial charge in [-0.05, 0) is 36.4 Å². The van der Waals surface area contributed by atoms with E-state index in [4.69, 9.17) is 11.6 Å². The van der Waals surface area contributed by atoms with Crippen LogP contribution in [0.5, 0.6) is 0 Å². The molecule has 3 aromatic rings. The number of rotatable bonds is 3. The van der Waals surface area contributed by atoms with Crippen LogP contribution in [0.2, 0.25) is 5.02 Å². The Bertz CT molecular complexity index is 1190. The highest BCUT2D eigenvalue weighted by Gasteiger charge is 2.30. The molecule has 0 atom stereocenters. The molecule has 7 nitrogen and oxygen atoms in total. The molecule has 2 aromatic carbocycles. The van der Waals surface area contributed by atoms with Gasteiger partial charge in [0.15, 0.2) is 5.82 Å². The third-order valence-electron chi connectivity index (χ3n) is 5.03. The second-order valence-electron chi connectivity index (χ2n) is 7.19. The standard InChI is InChI=1S/C20H18ClF3N4O3S/c21-16-4-2-1-3-15(16)17-25-18(27-9-11-32(30,31)12-10-27)26-19(29)28(17)14-7-5-13(6-8-14)20(22,23)24/h1-8,30-31H,9-12H2. The first-order chi connectivity index (χ1) is 15.0. The predicted molar refractivity (Wildman–Crippen MR) is 118 cm³/mol. The van der Waals surface area contributed by atoms with Gasteiger partial charge in [0.05, 0.1) is 27.8 Å². The maximum atomic E-state index is 13.0. The molecular formula is C20H18ClF3N4O3S. The van der Waals surface area contributed by atoms with E-state index < -0.39 is 28.0 Å². The lowest BCUT2D eigenvalue weighted by Gasteiger charge is -2.40. The van der Waals surface area contributed by atoms with Crippen molar-refractivity contribution >= 4 is 28.1 Å². The first-order valence-electron chi connectivity index (χ1n) is 9.47. The largest absolute Gasteiger partial charge is 0.416 e. The fraction of sp³-hybridized carbons (Fsp3) is 0.250. The van der Waals surface area contributed by atoms with Crippen LogP contribution in [-0.4, -0.2) is 48.2 Å². The summed E-state index contributed by atoms with van der Waals surface area (Å²) < 4.78 is 59.7. The van der Waals surface area contributed by atoms with Crippen molar-refractivity contribution in [1.29, 1.82) is 0 Å². The van der Waals surface area contributed by atoms with E-state index in [0.717, 1.165) is 16.7 Å². The molecule has 0 bridgehead atoms. The number of nitrogens with zero attached hydrogens (tertiary/aromatic N) is 4. The van der Waals surface area contributed by atoms with Gasteiger partial charge in [0, 0.05) is 18.7 Å². The second-order valence-corrected chi connectivity index (χ2v) is 10.0. The molecule has 0 radical (unpaired) electrons. The number of halogens is 4. The van der Waals surface area contributed by atoms with Crippen LogP contribution in [0.1, 0.15) is 5.56 Å². The Morgan fingerprint density at radius 1 is 0.969 bits per heavy atom. The molecule has 0 unspecified atom stereocenters. The number of alkyl halides is 3. The number of benzene rings is 2. The van der Waals surface area contributed by atoms with Gasteiger partial charge in [0.1, 0.15) is 0 Å². The summed E-state index contributed by atoms with van der Waals surface area (Å²) in [5.74, 6) is 0.449. The third-order valence-corrected chi connectivity index (χ3v) is 7.03. The molecule has 4 rings (SSSR count). The van der Waals surface area contributed by atoms with Crippen molar-refractivity contribution in [3.8, 4) is 17.1 Å². The Morgan fingerprint density at radius 2 is 1.59 bits per heavy atom. The Kier molecular flexibility index (Phi) is 5.93. The summed E-state index contributed by atoms with van der Waals surface area (Å²) in [5.41, 5.74) is -1.05. The van der Waals surface area contributed by atoms with E-state index in [1.54, 1.807) is 29.2 Å². The molecule has 1 saturated heterocycles. The quantitative estimate of drug-likeness (QED) is 0.565. The normalized spacial score (nSPS) is 17.2. The summed E-state index contributed by atoms with van der Waals surface area (Å²) in [6, 6.07) is 10.7. The van der Waals surface area contributed by atoms with E-state index in [0.29, 0.717) is 10.6 Å². The first kappa shape index (κ1) is 22.6. The van der Waals surface area contributed by atoms with Crippen LogP contribution in [0.3, 0.4) is 0 Å². The van der Waals surface area contributed by atoms with E-state index in [1.165, 1.54) is 12.1 Å². The van der Waals surface area contributed by atoms with Crippen LogP contribution in [-0.2, 0) is 6.18 Å². The minimum atomic E-state index is -4.51. The van der Waals surface area contributed by atoms with Gasteiger partial charge in [0.2, 0.25) is 5.95 Å². The number of anilines is 1. The Hall–Kier alpha value is -2.60. The molecule has 0 spiro atoms. The average molecular weight is 487 g/mol. The van der Waals surface area contributed by atoms with Gasteiger partial charge >= 0.3 is 11.9 Å². The number of hydrogen-bond donors (Lipinski definition) is 2. The molecule has 1 fully saturated rings. The molecule has 12 heteroatoms. The van der Waals surface area contributed by atoms with Crippen molar-refractivity contribution in [1.82, 2.24) is 14.5 Å². The number of aromatic nitrogens is 3. The maximum Gasteiger partial charge on any atom is 0.416 e. The van der Waals surface area contributed by atoms with Crippen LogP contribution < -0.4 is 10.6 Å². The Labute approximate surface area is 187 Å². The molecule has 0 aliphatic carbocycles. The average Bonchev–Trinajstić information content (AvgIpc) is 2.73. The van der Waals surface area contributed by atoms with Crippen LogP contribution in [0.15, 0.2) is 53.3 Å². The lowest BCUT2D eigenvalue weighted by atomic mass is 10.1. The fourth-order valence-electron chi connectivity index (χ4n) is 3.32. The molecule has 2 heterocycles. The summed E-state index contributed by atoms with van der Waals surface area (Å²) in [6.45, 7) is 0.488. The highest BCUT2D eigenvalue weighted by molar-refractivity contribution is 8.24.